The highest BCUT2D eigenvalue weighted by Gasteiger charge is 2.39. The third-order valence-electron chi connectivity index (χ3n) is 5.02. The van der Waals surface area contributed by atoms with Crippen LogP contribution in [0.5, 0.6) is 5.75 Å². The van der Waals surface area contributed by atoms with E-state index in [0.29, 0.717) is 27.7 Å². The van der Waals surface area contributed by atoms with Gasteiger partial charge >= 0.3 is 5.97 Å². The fourth-order valence-electron chi connectivity index (χ4n) is 3.29. The molecule has 0 unspecified atom stereocenters. The number of nitrogens with one attached hydrogen (secondary N) is 1. The molecule has 2 amide bonds. The molecule has 0 saturated heterocycles. The number of nitrogens with zero attached hydrogens (tertiary/aromatic N) is 1. The van der Waals surface area contributed by atoms with Crippen molar-refractivity contribution in [3.05, 3.63) is 99.2 Å². The van der Waals surface area contributed by atoms with E-state index in [9.17, 15) is 14.4 Å². The number of benzene rings is 3. The molecule has 0 radical (unpaired) electrons. The van der Waals surface area contributed by atoms with Crippen molar-refractivity contribution in [3.8, 4) is 5.75 Å². The normalized spacial score (nSPS) is 13.5. The largest absolute Gasteiger partial charge is 0.423 e. The van der Waals surface area contributed by atoms with Crippen molar-refractivity contribution in [2.45, 2.75) is 13.8 Å². The van der Waals surface area contributed by atoms with Crippen LogP contribution >= 0.6 is 23.2 Å². The minimum atomic E-state index is -0.603. The first kappa shape index (κ1) is 22.6. The molecule has 6 nitrogen and oxygen atoms in total. The monoisotopic (exact) mass is 480 g/mol. The van der Waals surface area contributed by atoms with Gasteiger partial charge in [0.25, 0.3) is 11.8 Å². The van der Waals surface area contributed by atoms with Crippen molar-refractivity contribution in [2.24, 2.45) is 0 Å². The van der Waals surface area contributed by atoms with Crippen LogP contribution in [0.3, 0.4) is 0 Å². The van der Waals surface area contributed by atoms with Gasteiger partial charge in [-0.2, -0.15) is 0 Å². The van der Waals surface area contributed by atoms with Crippen LogP contribution in [0.2, 0.25) is 5.02 Å². The summed E-state index contributed by atoms with van der Waals surface area (Å²) in [5, 5.41) is 3.26. The molecule has 0 saturated carbocycles. The van der Waals surface area contributed by atoms with E-state index in [2.05, 4.69) is 5.32 Å². The highest BCUT2D eigenvalue weighted by molar-refractivity contribution is 6.53. The maximum absolute atomic E-state index is 12.9. The van der Waals surface area contributed by atoms with Crippen molar-refractivity contribution < 1.29 is 19.1 Å². The summed E-state index contributed by atoms with van der Waals surface area (Å²) in [7, 11) is 0. The number of aryl methyl sites for hydroxylation is 2. The van der Waals surface area contributed by atoms with Crippen molar-refractivity contribution in [1.82, 2.24) is 0 Å². The zero-order valence-electron chi connectivity index (χ0n) is 17.7. The fourth-order valence-corrected chi connectivity index (χ4v) is 3.62. The number of ether oxygens (including phenoxy) is 1. The smallest absolute Gasteiger partial charge is 0.343 e. The standard InChI is InChI=1S/C25H18Cl2N2O4/c1-14-4-3-5-18(12-14)29-23(30)21(27)22(24(29)31)28-17-8-6-16(7-9-17)25(32)33-19-10-11-20(26)15(2)13-19/h3-13,28H,1-2H3. The first-order valence-electron chi connectivity index (χ1n) is 9.95. The summed E-state index contributed by atoms with van der Waals surface area (Å²) < 4.78 is 5.38. The van der Waals surface area contributed by atoms with E-state index in [1.807, 2.05) is 19.9 Å². The highest BCUT2D eigenvalue weighted by Crippen LogP contribution is 2.30. The van der Waals surface area contributed by atoms with Crippen molar-refractivity contribution in [2.75, 3.05) is 10.2 Å². The topological polar surface area (TPSA) is 75.7 Å². The summed E-state index contributed by atoms with van der Waals surface area (Å²) in [6.07, 6.45) is 0. The van der Waals surface area contributed by atoms with Gasteiger partial charge in [-0.25, -0.2) is 9.69 Å². The SMILES string of the molecule is Cc1cccc(N2C(=O)C(Cl)=C(Nc3ccc(C(=O)Oc4ccc(Cl)c(C)c4)cc3)C2=O)c1. The van der Waals surface area contributed by atoms with Gasteiger partial charge in [-0.3, -0.25) is 9.59 Å². The zero-order chi connectivity index (χ0) is 23.7. The highest BCUT2D eigenvalue weighted by atomic mass is 35.5. The summed E-state index contributed by atoms with van der Waals surface area (Å²) in [5.74, 6) is -1.32. The van der Waals surface area contributed by atoms with E-state index in [-0.39, 0.29) is 10.7 Å². The Kier molecular flexibility index (Phi) is 6.22. The van der Waals surface area contributed by atoms with Crippen LogP contribution in [0.15, 0.2) is 77.5 Å². The number of carbonyl (C=O) groups excluding carboxylic acids is 3. The molecule has 8 heteroatoms. The van der Waals surface area contributed by atoms with Crippen molar-refractivity contribution >= 4 is 52.4 Å². The van der Waals surface area contributed by atoms with Crippen molar-refractivity contribution in [1.29, 1.82) is 0 Å². The fraction of sp³-hybridized carbons (Fsp3) is 0.0800. The maximum Gasteiger partial charge on any atom is 0.343 e. The first-order chi connectivity index (χ1) is 15.7. The van der Waals surface area contributed by atoms with Crippen LogP contribution in [0, 0.1) is 13.8 Å². The molecule has 0 bridgehead atoms. The van der Waals surface area contributed by atoms with Gasteiger partial charge in [0.05, 0.1) is 11.3 Å². The van der Waals surface area contributed by atoms with Crippen molar-refractivity contribution in [3.63, 3.8) is 0 Å². The van der Waals surface area contributed by atoms with Crippen LogP contribution in [-0.4, -0.2) is 17.8 Å². The van der Waals surface area contributed by atoms with Gasteiger partial charge in [-0.15, -0.1) is 0 Å². The Hall–Kier alpha value is -3.61. The van der Waals surface area contributed by atoms with Gasteiger partial charge < -0.3 is 10.1 Å². The average Bonchev–Trinajstić information content (AvgIpc) is 3.00. The second-order valence-corrected chi connectivity index (χ2v) is 8.26. The van der Waals surface area contributed by atoms with Gasteiger partial charge in [0.15, 0.2) is 0 Å². The van der Waals surface area contributed by atoms with E-state index in [0.717, 1.165) is 16.0 Å². The van der Waals surface area contributed by atoms with E-state index in [4.69, 9.17) is 27.9 Å². The lowest BCUT2D eigenvalue weighted by Gasteiger charge is -2.15. The van der Waals surface area contributed by atoms with Gasteiger partial charge in [-0.05, 0) is 79.6 Å². The van der Waals surface area contributed by atoms with Gasteiger partial charge in [0.1, 0.15) is 16.5 Å². The number of rotatable bonds is 5. The van der Waals surface area contributed by atoms with Crippen LogP contribution in [0.25, 0.3) is 0 Å². The lowest BCUT2D eigenvalue weighted by Crippen LogP contribution is -2.32. The van der Waals surface area contributed by atoms with Crippen LogP contribution < -0.4 is 15.0 Å². The Bertz CT molecular complexity index is 1320. The van der Waals surface area contributed by atoms with E-state index in [1.165, 1.54) is 0 Å². The van der Waals surface area contributed by atoms with Gasteiger partial charge in [0, 0.05) is 10.7 Å². The summed E-state index contributed by atoms with van der Waals surface area (Å²) in [4.78, 5) is 38.9. The number of hydrogen-bond donors (Lipinski definition) is 1. The molecular formula is C25H18Cl2N2O4. The Morgan fingerprint density at radius 2 is 1.64 bits per heavy atom. The summed E-state index contributed by atoms with van der Waals surface area (Å²) in [5.41, 5.74) is 2.90. The first-order valence-corrected chi connectivity index (χ1v) is 10.7. The number of imide groups is 1. The van der Waals surface area contributed by atoms with Crippen LogP contribution in [0.4, 0.5) is 11.4 Å². The summed E-state index contributed by atoms with van der Waals surface area (Å²) in [6, 6.07) is 18.2. The average molecular weight is 481 g/mol. The predicted octanol–water partition coefficient (Wildman–Crippen LogP) is 5.61. The minimum Gasteiger partial charge on any atom is -0.423 e. The van der Waals surface area contributed by atoms with Gasteiger partial charge in [0.2, 0.25) is 0 Å². The number of esters is 1. The number of anilines is 2. The number of hydrogen-bond acceptors (Lipinski definition) is 5. The molecule has 1 aliphatic heterocycles. The molecule has 0 spiro atoms. The van der Waals surface area contributed by atoms with E-state index < -0.39 is 17.8 Å². The molecule has 1 heterocycles. The molecule has 166 valence electrons. The third-order valence-corrected chi connectivity index (χ3v) is 5.79. The lowest BCUT2D eigenvalue weighted by molar-refractivity contribution is -0.120. The predicted molar refractivity (Wildman–Crippen MR) is 128 cm³/mol. The molecule has 1 aliphatic rings. The summed E-state index contributed by atoms with van der Waals surface area (Å²) in [6.45, 7) is 3.68. The Morgan fingerprint density at radius 1 is 0.909 bits per heavy atom. The van der Waals surface area contributed by atoms with Crippen LogP contribution in [0.1, 0.15) is 21.5 Å². The molecule has 33 heavy (non-hydrogen) atoms. The third kappa shape index (κ3) is 4.62. The molecule has 1 N–H and O–H groups in total. The molecular weight excluding hydrogens is 463 g/mol. The number of amides is 2. The molecule has 0 aliphatic carbocycles. The Labute approximate surface area is 200 Å². The molecule has 3 aromatic carbocycles. The molecule has 0 atom stereocenters. The van der Waals surface area contributed by atoms with Gasteiger partial charge in [-0.1, -0.05) is 35.3 Å². The Balaban J connectivity index is 1.48. The molecule has 0 aromatic heterocycles. The van der Waals surface area contributed by atoms with E-state index >= 15 is 0 Å². The van der Waals surface area contributed by atoms with E-state index in [1.54, 1.807) is 60.7 Å². The lowest BCUT2D eigenvalue weighted by atomic mass is 10.2. The maximum atomic E-state index is 12.9. The molecule has 0 fully saturated rings. The second-order valence-electron chi connectivity index (χ2n) is 7.48. The molecule has 4 rings (SSSR count). The number of halogens is 2. The second kappa shape index (κ2) is 9.10. The quantitative estimate of drug-likeness (QED) is 0.291. The Morgan fingerprint density at radius 3 is 2.30 bits per heavy atom. The minimum absolute atomic E-state index is 0.0323. The molecule has 3 aromatic rings. The number of carbonyl (C=O) groups is 3. The summed E-state index contributed by atoms with van der Waals surface area (Å²) >= 11 is 12.2. The zero-order valence-corrected chi connectivity index (χ0v) is 19.2. The van der Waals surface area contributed by atoms with Crippen LogP contribution in [-0.2, 0) is 9.59 Å².